The van der Waals surface area contributed by atoms with Gasteiger partial charge in [-0.2, -0.15) is 0 Å². The third kappa shape index (κ3) is 2.40. The predicted molar refractivity (Wildman–Crippen MR) is 68.7 cm³/mol. The van der Waals surface area contributed by atoms with Gasteiger partial charge in [0.25, 0.3) is 0 Å². The van der Waals surface area contributed by atoms with Crippen LogP contribution in [0.5, 0.6) is 0 Å². The lowest BCUT2D eigenvalue weighted by Crippen LogP contribution is -2.15. The fraction of sp³-hybridized carbons (Fsp3) is 0.333. The van der Waals surface area contributed by atoms with E-state index in [4.69, 9.17) is 4.42 Å². The van der Waals surface area contributed by atoms with Gasteiger partial charge < -0.3 is 9.73 Å². The second-order valence-corrected chi connectivity index (χ2v) is 4.97. The summed E-state index contributed by atoms with van der Waals surface area (Å²) in [7, 11) is 0. The lowest BCUT2D eigenvalue weighted by Gasteiger charge is -2.07. The van der Waals surface area contributed by atoms with Gasteiger partial charge in [0.05, 0.1) is 12.8 Å². The van der Waals surface area contributed by atoms with Crippen molar-refractivity contribution in [1.82, 2.24) is 5.32 Å². The number of hydrogen-bond donors (Lipinski definition) is 1. The molecule has 1 aliphatic carbocycles. The zero-order valence-electron chi connectivity index (χ0n) is 10.7. The Balaban J connectivity index is 1.93. The molecule has 0 bridgehead atoms. The van der Waals surface area contributed by atoms with Gasteiger partial charge in [-0.1, -0.05) is 12.1 Å². The Labute approximate surface area is 110 Å². The Morgan fingerprint density at radius 1 is 1.16 bits per heavy atom. The highest BCUT2D eigenvalue weighted by molar-refractivity contribution is 5.66. The van der Waals surface area contributed by atoms with Gasteiger partial charge in [-0.15, -0.1) is 0 Å². The van der Waals surface area contributed by atoms with E-state index in [-0.39, 0.29) is 5.56 Å². The van der Waals surface area contributed by atoms with E-state index in [2.05, 4.69) is 5.32 Å². The third-order valence-electron chi connectivity index (χ3n) is 3.44. The van der Waals surface area contributed by atoms with Crippen molar-refractivity contribution in [1.29, 1.82) is 0 Å². The van der Waals surface area contributed by atoms with E-state index in [1.807, 2.05) is 0 Å². The Kier molecular flexibility index (Phi) is 3.11. The molecule has 1 N–H and O–H groups in total. The summed E-state index contributed by atoms with van der Waals surface area (Å²) in [6.45, 7) is 2.09. The molecule has 1 aliphatic rings. The molecule has 0 saturated heterocycles. The average Bonchev–Trinajstić information content (AvgIpc) is 3.12. The molecule has 0 spiro atoms. The van der Waals surface area contributed by atoms with E-state index in [0.717, 1.165) is 0 Å². The Hall–Kier alpha value is -1.68. The summed E-state index contributed by atoms with van der Waals surface area (Å²) in [5, 5.41) is 3.30. The number of aryl methyl sites for hydroxylation is 1. The molecule has 1 saturated carbocycles. The normalized spacial score (nSPS) is 14.9. The van der Waals surface area contributed by atoms with Crippen LogP contribution in [0.1, 0.15) is 24.2 Å². The molecule has 0 atom stereocenters. The summed E-state index contributed by atoms with van der Waals surface area (Å²) < 4.78 is 33.0. The number of halogens is 2. The molecule has 1 heterocycles. The van der Waals surface area contributed by atoms with Crippen molar-refractivity contribution in [3.8, 4) is 11.1 Å². The Morgan fingerprint density at radius 3 is 2.68 bits per heavy atom. The SMILES string of the molecule is Cc1ccc(-c2ccoc2CNC2CC2)c(F)c1F. The number of rotatable bonds is 4. The number of benzene rings is 1. The van der Waals surface area contributed by atoms with Gasteiger partial charge in [0.2, 0.25) is 0 Å². The van der Waals surface area contributed by atoms with Gasteiger partial charge in [0.15, 0.2) is 11.6 Å². The van der Waals surface area contributed by atoms with Gasteiger partial charge in [0.1, 0.15) is 5.76 Å². The van der Waals surface area contributed by atoms with Gasteiger partial charge in [-0.25, -0.2) is 8.78 Å². The lowest BCUT2D eigenvalue weighted by molar-refractivity contribution is 0.481. The van der Waals surface area contributed by atoms with E-state index in [0.29, 0.717) is 29.5 Å². The largest absolute Gasteiger partial charge is 0.467 e. The summed E-state index contributed by atoms with van der Waals surface area (Å²) in [4.78, 5) is 0. The zero-order valence-corrected chi connectivity index (χ0v) is 10.7. The molecule has 1 aromatic heterocycles. The summed E-state index contributed by atoms with van der Waals surface area (Å²) in [5.41, 5.74) is 1.18. The molecule has 0 aliphatic heterocycles. The standard InChI is InChI=1S/C15H15F2NO/c1-9-2-5-12(15(17)14(9)16)11-6-7-19-13(11)8-18-10-3-4-10/h2,5-7,10,18H,3-4,8H2,1H3. The molecule has 2 aromatic rings. The Bertz CT molecular complexity index is 602. The van der Waals surface area contributed by atoms with Crippen LogP contribution in [0.4, 0.5) is 8.78 Å². The summed E-state index contributed by atoms with van der Waals surface area (Å²) in [6.07, 6.45) is 3.85. The molecule has 1 fully saturated rings. The maximum Gasteiger partial charge on any atom is 0.167 e. The monoisotopic (exact) mass is 263 g/mol. The molecular formula is C15H15F2NO. The van der Waals surface area contributed by atoms with Crippen molar-refractivity contribution in [3.63, 3.8) is 0 Å². The summed E-state index contributed by atoms with van der Waals surface area (Å²) in [6, 6.07) is 5.40. The molecule has 0 radical (unpaired) electrons. The van der Waals surface area contributed by atoms with Gasteiger partial charge in [0, 0.05) is 17.2 Å². The predicted octanol–water partition coefficient (Wildman–Crippen LogP) is 3.79. The minimum Gasteiger partial charge on any atom is -0.467 e. The van der Waals surface area contributed by atoms with Crippen molar-refractivity contribution in [3.05, 3.63) is 47.4 Å². The average molecular weight is 263 g/mol. The fourth-order valence-corrected chi connectivity index (χ4v) is 2.10. The molecule has 0 unspecified atom stereocenters. The van der Waals surface area contributed by atoms with Crippen LogP contribution in [0.2, 0.25) is 0 Å². The van der Waals surface area contributed by atoms with Crippen molar-refractivity contribution in [2.45, 2.75) is 32.4 Å². The molecule has 4 heteroatoms. The minimum atomic E-state index is -0.811. The zero-order chi connectivity index (χ0) is 13.4. The maximum atomic E-state index is 14.0. The number of hydrogen-bond acceptors (Lipinski definition) is 2. The van der Waals surface area contributed by atoms with E-state index in [9.17, 15) is 8.78 Å². The molecule has 100 valence electrons. The smallest absolute Gasteiger partial charge is 0.167 e. The topological polar surface area (TPSA) is 25.2 Å². The first-order valence-electron chi connectivity index (χ1n) is 6.41. The quantitative estimate of drug-likeness (QED) is 0.908. The molecule has 1 aromatic carbocycles. The molecule has 19 heavy (non-hydrogen) atoms. The van der Waals surface area contributed by atoms with Crippen molar-refractivity contribution in [2.75, 3.05) is 0 Å². The highest BCUT2D eigenvalue weighted by atomic mass is 19.2. The van der Waals surface area contributed by atoms with Crippen LogP contribution in [0.25, 0.3) is 11.1 Å². The van der Waals surface area contributed by atoms with E-state index < -0.39 is 11.6 Å². The maximum absolute atomic E-state index is 14.0. The second-order valence-electron chi connectivity index (χ2n) is 4.97. The summed E-state index contributed by atoms with van der Waals surface area (Å²) in [5.74, 6) is -0.956. The van der Waals surface area contributed by atoms with Crippen LogP contribution in [0.3, 0.4) is 0 Å². The third-order valence-corrected chi connectivity index (χ3v) is 3.44. The highest BCUT2D eigenvalue weighted by Gasteiger charge is 2.22. The minimum absolute atomic E-state index is 0.254. The second kappa shape index (κ2) is 4.78. The lowest BCUT2D eigenvalue weighted by atomic mass is 10.0. The van der Waals surface area contributed by atoms with Crippen LogP contribution < -0.4 is 5.32 Å². The molecule has 0 amide bonds. The molecule has 2 nitrogen and oxygen atoms in total. The molecule has 3 rings (SSSR count). The first-order chi connectivity index (χ1) is 9.16. The van der Waals surface area contributed by atoms with Crippen LogP contribution in [0, 0.1) is 18.6 Å². The summed E-state index contributed by atoms with van der Waals surface area (Å²) >= 11 is 0. The van der Waals surface area contributed by atoms with Crippen molar-refractivity contribution in [2.24, 2.45) is 0 Å². The van der Waals surface area contributed by atoms with Crippen LogP contribution in [-0.2, 0) is 6.54 Å². The Morgan fingerprint density at radius 2 is 1.95 bits per heavy atom. The van der Waals surface area contributed by atoms with Crippen LogP contribution in [-0.4, -0.2) is 6.04 Å². The van der Waals surface area contributed by atoms with Crippen molar-refractivity contribution < 1.29 is 13.2 Å². The number of nitrogens with one attached hydrogen (secondary N) is 1. The first-order valence-corrected chi connectivity index (χ1v) is 6.41. The first kappa shape index (κ1) is 12.4. The van der Waals surface area contributed by atoms with Gasteiger partial charge in [-0.05, 0) is 31.4 Å². The van der Waals surface area contributed by atoms with Gasteiger partial charge in [-0.3, -0.25) is 0 Å². The fourth-order valence-electron chi connectivity index (χ4n) is 2.10. The van der Waals surface area contributed by atoms with E-state index in [1.54, 1.807) is 25.1 Å². The van der Waals surface area contributed by atoms with E-state index >= 15 is 0 Å². The molecular weight excluding hydrogens is 248 g/mol. The highest BCUT2D eigenvalue weighted by Crippen LogP contribution is 2.30. The van der Waals surface area contributed by atoms with Gasteiger partial charge >= 0.3 is 0 Å². The van der Waals surface area contributed by atoms with E-state index in [1.165, 1.54) is 19.1 Å². The van der Waals surface area contributed by atoms with Crippen molar-refractivity contribution >= 4 is 0 Å². The number of furan rings is 1. The van der Waals surface area contributed by atoms with Crippen LogP contribution in [0.15, 0.2) is 28.9 Å². The van der Waals surface area contributed by atoms with Crippen LogP contribution >= 0.6 is 0 Å².